The summed E-state index contributed by atoms with van der Waals surface area (Å²) in [6.45, 7) is 4.35. The number of nitrogens with zero attached hydrogens (tertiary/aromatic N) is 1. The van der Waals surface area contributed by atoms with Gasteiger partial charge in [-0.2, -0.15) is 5.26 Å². The average Bonchev–Trinajstić information content (AvgIpc) is 2.41. The lowest BCUT2D eigenvalue weighted by Gasteiger charge is -2.11. The molecular formula is C16H15BrN2. The quantitative estimate of drug-likeness (QED) is 0.846. The predicted molar refractivity (Wildman–Crippen MR) is 82.7 cm³/mol. The molecule has 0 aliphatic carbocycles. The Bertz CT molecular complexity index is 627. The van der Waals surface area contributed by atoms with Crippen LogP contribution in [0.25, 0.3) is 0 Å². The minimum Gasteiger partial charge on any atom is -0.355 e. The number of halogens is 1. The maximum Gasteiger partial charge on any atom is 0.0992 e. The van der Waals surface area contributed by atoms with Gasteiger partial charge in [0, 0.05) is 10.2 Å². The average molecular weight is 315 g/mol. The van der Waals surface area contributed by atoms with Crippen LogP contribution in [0.1, 0.15) is 30.9 Å². The number of hydrogen-bond acceptors (Lipinski definition) is 2. The first-order valence-electron chi connectivity index (χ1n) is 6.17. The summed E-state index contributed by atoms with van der Waals surface area (Å²) in [6.07, 6.45) is 0. The van der Waals surface area contributed by atoms with E-state index >= 15 is 0 Å². The third-order valence-electron chi connectivity index (χ3n) is 2.93. The topological polar surface area (TPSA) is 35.8 Å². The van der Waals surface area contributed by atoms with Crippen molar-refractivity contribution in [2.75, 3.05) is 5.32 Å². The number of rotatable bonds is 3. The number of benzene rings is 2. The second-order valence-electron chi connectivity index (χ2n) is 4.71. The van der Waals surface area contributed by atoms with Crippen LogP contribution in [0.15, 0.2) is 46.9 Å². The Balaban J connectivity index is 2.26. The van der Waals surface area contributed by atoms with Crippen molar-refractivity contribution in [2.24, 2.45) is 0 Å². The molecule has 1 N–H and O–H groups in total. The van der Waals surface area contributed by atoms with Crippen molar-refractivity contribution in [3.05, 3.63) is 58.1 Å². The molecule has 2 aromatic carbocycles. The summed E-state index contributed by atoms with van der Waals surface area (Å²) in [5.41, 5.74) is 3.96. The summed E-state index contributed by atoms with van der Waals surface area (Å²) in [7, 11) is 0. The van der Waals surface area contributed by atoms with E-state index in [0.29, 0.717) is 11.5 Å². The summed E-state index contributed by atoms with van der Waals surface area (Å²) in [5.74, 6) is 0.506. The largest absolute Gasteiger partial charge is 0.355 e. The Labute approximate surface area is 122 Å². The molecule has 96 valence electrons. The molecule has 0 aliphatic heterocycles. The summed E-state index contributed by atoms with van der Waals surface area (Å²) in [5, 5.41) is 12.2. The molecule has 0 heterocycles. The van der Waals surface area contributed by atoms with E-state index in [1.807, 2.05) is 18.2 Å². The van der Waals surface area contributed by atoms with Gasteiger partial charge in [-0.25, -0.2) is 0 Å². The lowest BCUT2D eigenvalue weighted by molar-refractivity contribution is 0.867. The fourth-order valence-corrected chi connectivity index (χ4v) is 2.29. The van der Waals surface area contributed by atoms with Gasteiger partial charge in [0.1, 0.15) is 0 Å². The van der Waals surface area contributed by atoms with Crippen LogP contribution >= 0.6 is 15.9 Å². The van der Waals surface area contributed by atoms with Crippen LogP contribution in [-0.4, -0.2) is 0 Å². The monoisotopic (exact) mass is 314 g/mol. The molecule has 19 heavy (non-hydrogen) atoms. The van der Waals surface area contributed by atoms with Crippen LogP contribution in [0.3, 0.4) is 0 Å². The highest BCUT2D eigenvalue weighted by molar-refractivity contribution is 9.10. The summed E-state index contributed by atoms with van der Waals surface area (Å²) in [6, 6.07) is 16.0. The van der Waals surface area contributed by atoms with Crippen molar-refractivity contribution >= 4 is 27.3 Å². The number of nitrogens with one attached hydrogen (secondary N) is 1. The second-order valence-corrected chi connectivity index (χ2v) is 5.57. The molecule has 0 unspecified atom stereocenters. The van der Waals surface area contributed by atoms with Crippen molar-refractivity contribution in [2.45, 2.75) is 19.8 Å². The lowest BCUT2D eigenvalue weighted by Crippen LogP contribution is -1.94. The van der Waals surface area contributed by atoms with Crippen LogP contribution in [0.5, 0.6) is 0 Å². The fraction of sp³-hybridized carbons (Fsp3) is 0.188. The lowest BCUT2D eigenvalue weighted by atomic mass is 10.0. The minimum atomic E-state index is 0.506. The smallest absolute Gasteiger partial charge is 0.0992 e. The maximum atomic E-state index is 8.85. The Hall–Kier alpha value is -1.79. The first-order chi connectivity index (χ1) is 9.10. The van der Waals surface area contributed by atoms with Crippen LogP contribution < -0.4 is 5.32 Å². The molecule has 0 aliphatic rings. The number of nitriles is 1. The predicted octanol–water partition coefficient (Wildman–Crippen LogP) is 5.19. The van der Waals surface area contributed by atoms with Gasteiger partial charge in [-0.15, -0.1) is 0 Å². The third-order valence-corrected chi connectivity index (χ3v) is 3.59. The second kappa shape index (κ2) is 5.90. The molecule has 0 saturated heterocycles. The first-order valence-corrected chi connectivity index (χ1v) is 6.96. The molecule has 0 atom stereocenters. The number of hydrogen-bond donors (Lipinski definition) is 1. The Morgan fingerprint density at radius 3 is 2.58 bits per heavy atom. The standard InChI is InChI=1S/C16H15BrN2/c1-11(2)13-4-3-5-14(9-13)19-16-7-6-12(10-18)8-15(16)17/h3-9,11,19H,1-2H3. The highest BCUT2D eigenvalue weighted by Gasteiger charge is 2.04. The normalized spacial score (nSPS) is 10.3. The zero-order valence-corrected chi connectivity index (χ0v) is 12.5. The molecule has 0 spiro atoms. The summed E-state index contributed by atoms with van der Waals surface area (Å²) in [4.78, 5) is 0. The van der Waals surface area contributed by atoms with Gasteiger partial charge in [0.15, 0.2) is 0 Å². The Morgan fingerprint density at radius 2 is 1.95 bits per heavy atom. The van der Waals surface area contributed by atoms with Gasteiger partial charge in [-0.1, -0.05) is 26.0 Å². The van der Waals surface area contributed by atoms with Gasteiger partial charge < -0.3 is 5.32 Å². The van der Waals surface area contributed by atoms with Gasteiger partial charge in [0.05, 0.1) is 17.3 Å². The van der Waals surface area contributed by atoms with E-state index in [4.69, 9.17) is 5.26 Å². The minimum absolute atomic E-state index is 0.506. The Kier molecular flexibility index (Phi) is 4.24. The Morgan fingerprint density at radius 1 is 1.16 bits per heavy atom. The van der Waals surface area contributed by atoms with Gasteiger partial charge in [0.2, 0.25) is 0 Å². The SMILES string of the molecule is CC(C)c1cccc(Nc2ccc(C#N)cc2Br)c1. The fourth-order valence-electron chi connectivity index (χ4n) is 1.82. The van der Waals surface area contributed by atoms with E-state index in [9.17, 15) is 0 Å². The molecule has 0 bridgehead atoms. The van der Waals surface area contributed by atoms with Crippen molar-refractivity contribution in [3.63, 3.8) is 0 Å². The van der Waals surface area contributed by atoms with E-state index in [1.165, 1.54) is 5.56 Å². The molecule has 0 fully saturated rings. The molecule has 0 aromatic heterocycles. The molecule has 2 rings (SSSR count). The first kappa shape index (κ1) is 13.6. The number of anilines is 2. The van der Waals surface area contributed by atoms with E-state index in [-0.39, 0.29) is 0 Å². The maximum absolute atomic E-state index is 8.85. The van der Waals surface area contributed by atoms with Crippen molar-refractivity contribution in [1.82, 2.24) is 0 Å². The van der Waals surface area contributed by atoms with Crippen LogP contribution in [0.2, 0.25) is 0 Å². The van der Waals surface area contributed by atoms with Gasteiger partial charge >= 0.3 is 0 Å². The highest BCUT2D eigenvalue weighted by Crippen LogP contribution is 2.28. The van der Waals surface area contributed by atoms with Gasteiger partial charge in [0.25, 0.3) is 0 Å². The zero-order valence-electron chi connectivity index (χ0n) is 10.9. The molecule has 2 nitrogen and oxygen atoms in total. The van der Waals surface area contributed by atoms with Crippen molar-refractivity contribution in [3.8, 4) is 6.07 Å². The van der Waals surface area contributed by atoms with Gasteiger partial charge in [-0.3, -0.25) is 0 Å². The van der Waals surface area contributed by atoms with Crippen molar-refractivity contribution in [1.29, 1.82) is 5.26 Å². The van der Waals surface area contributed by atoms with Crippen molar-refractivity contribution < 1.29 is 0 Å². The van der Waals surface area contributed by atoms with E-state index < -0.39 is 0 Å². The molecule has 0 saturated carbocycles. The van der Waals surface area contributed by atoms with Crippen LogP contribution in [-0.2, 0) is 0 Å². The summed E-state index contributed by atoms with van der Waals surface area (Å²) >= 11 is 3.48. The molecule has 0 amide bonds. The highest BCUT2D eigenvalue weighted by atomic mass is 79.9. The molecule has 2 aromatic rings. The van der Waals surface area contributed by atoms with Crippen LogP contribution in [0.4, 0.5) is 11.4 Å². The van der Waals surface area contributed by atoms with Crippen LogP contribution in [0, 0.1) is 11.3 Å². The van der Waals surface area contributed by atoms with E-state index in [2.05, 4.69) is 59.4 Å². The summed E-state index contributed by atoms with van der Waals surface area (Å²) < 4.78 is 0.890. The van der Waals surface area contributed by atoms with Gasteiger partial charge in [-0.05, 0) is 57.7 Å². The zero-order chi connectivity index (χ0) is 13.8. The molecular weight excluding hydrogens is 300 g/mol. The molecule has 3 heteroatoms. The third kappa shape index (κ3) is 3.36. The van der Waals surface area contributed by atoms with E-state index in [1.54, 1.807) is 6.07 Å². The molecule has 0 radical (unpaired) electrons. The van der Waals surface area contributed by atoms with E-state index in [0.717, 1.165) is 15.8 Å².